The minimum Gasteiger partial charge on any atom is -0.348 e. The third-order valence-electron chi connectivity index (χ3n) is 2.18. The van der Waals surface area contributed by atoms with E-state index in [0.29, 0.717) is 12.1 Å². The van der Waals surface area contributed by atoms with Gasteiger partial charge >= 0.3 is 0 Å². The van der Waals surface area contributed by atoms with Gasteiger partial charge in [0.25, 0.3) is 5.91 Å². The fourth-order valence-corrected chi connectivity index (χ4v) is 1.20. The van der Waals surface area contributed by atoms with Crippen molar-refractivity contribution in [2.45, 2.75) is 19.9 Å². The predicted octanol–water partition coefficient (Wildman–Crippen LogP) is 1.21. The number of halogens is 1. The molecule has 0 aromatic heterocycles. The van der Waals surface area contributed by atoms with Crippen molar-refractivity contribution < 1.29 is 9.18 Å². The van der Waals surface area contributed by atoms with E-state index in [-0.39, 0.29) is 11.9 Å². The number of nitrogens with two attached hydrogens (primary N) is 1. The van der Waals surface area contributed by atoms with Crippen molar-refractivity contribution in [1.29, 1.82) is 0 Å². The lowest BCUT2D eigenvalue weighted by molar-refractivity contribution is 0.0940. The molecule has 0 heterocycles. The molecule has 0 saturated carbocycles. The first-order chi connectivity index (χ1) is 7.04. The zero-order chi connectivity index (χ0) is 11.4. The highest BCUT2D eigenvalue weighted by atomic mass is 19.1. The maximum Gasteiger partial charge on any atom is 0.251 e. The maximum atomic E-state index is 12.9. The van der Waals surface area contributed by atoms with Crippen LogP contribution in [-0.4, -0.2) is 18.5 Å². The van der Waals surface area contributed by atoms with E-state index in [1.54, 1.807) is 19.9 Å². The number of nitrogens with one attached hydrogen (secondary N) is 1. The van der Waals surface area contributed by atoms with Gasteiger partial charge in [0.05, 0.1) is 0 Å². The molecule has 1 aromatic carbocycles. The summed E-state index contributed by atoms with van der Waals surface area (Å²) in [6, 6.07) is 4.03. The van der Waals surface area contributed by atoms with Crippen LogP contribution in [0.2, 0.25) is 0 Å². The van der Waals surface area contributed by atoms with Crippen LogP contribution in [0.3, 0.4) is 0 Å². The molecule has 3 N–H and O–H groups in total. The number of hydrogen-bond donors (Lipinski definition) is 2. The van der Waals surface area contributed by atoms with Crippen molar-refractivity contribution in [1.82, 2.24) is 5.32 Å². The zero-order valence-electron chi connectivity index (χ0n) is 8.88. The van der Waals surface area contributed by atoms with E-state index in [1.807, 2.05) is 0 Å². The van der Waals surface area contributed by atoms with Gasteiger partial charge in [-0.1, -0.05) is 6.07 Å². The molecule has 1 unspecified atom stereocenters. The summed E-state index contributed by atoms with van der Waals surface area (Å²) in [5.41, 5.74) is 6.48. The molecule has 0 bridgehead atoms. The standard InChI is InChI=1S/C11H15FN2O/c1-7-3-4-9(12)5-10(7)11(15)14-8(2)6-13/h3-5,8H,6,13H2,1-2H3,(H,14,15). The zero-order valence-corrected chi connectivity index (χ0v) is 8.88. The molecule has 0 saturated heterocycles. The summed E-state index contributed by atoms with van der Waals surface area (Å²) in [4.78, 5) is 11.7. The van der Waals surface area contributed by atoms with Crippen LogP contribution in [0.5, 0.6) is 0 Å². The second-order valence-electron chi connectivity index (χ2n) is 3.57. The van der Waals surface area contributed by atoms with Crippen LogP contribution in [-0.2, 0) is 0 Å². The second kappa shape index (κ2) is 4.89. The molecule has 0 radical (unpaired) electrons. The normalized spacial score (nSPS) is 12.3. The van der Waals surface area contributed by atoms with Gasteiger partial charge in [0.1, 0.15) is 5.82 Å². The molecule has 3 nitrogen and oxygen atoms in total. The summed E-state index contributed by atoms with van der Waals surface area (Å²) in [6.45, 7) is 3.92. The van der Waals surface area contributed by atoms with Gasteiger partial charge in [0.2, 0.25) is 0 Å². The first-order valence-electron chi connectivity index (χ1n) is 4.81. The SMILES string of the molecule is Cc1ccc(F)cc1C(=O)NC(C)CN. The van der Waals surface area contributed by atoms with Gasteiger partial charge in [-0.25, -0.2) is 4.39 Å². The molecule has 4 heteroatoms. The largest absolute Gasteiger partial charge is 0.348 e. The van der Waals surface area contributed by atoms with Gasteiger partial charge in [-0.2, -0.15) is 0 Å². The summed E-state index contributed by atoms with van der Waals surface area (Å²) >= 11 is 0. The van der Waals surface area contributed by atoms with E-state index < -0.39 is 5.82 Å². The highest BCUT2D eigenvalue weighted by Crippen LogP contribution is 2.10. The quantitative estimate of drug-likeness (QED) is 0.788. The number of carbonyl (C=O) groups is 1. The number of carbonyl (C=O) groups excluding carboxylic acids is 1. The smallest absolute Gasteiger partial charge is 0.251 e. The Hall–Kier alpha value is -1.42. The Kier molecular flexibility index (Phi) is 3.80. The number of amides is 1. The lowest BCUT2D eigenvalue weighted by atomic mass is 10.1. The molecule has 1 amide bonds. The first kappa shape index (κ1) is 11.7. The number of benzene rings is 1. The van der Waals surface area contributed by atoms with Gasteiger partial charge in [-0.3, -0.25) is 4.79 Å². The summed E-state index contributed by atoms with van der Waals surface area (Å²) in [6.07, 6.45) is 0. The Morgan fingerprint density at radius 3 is 2.87 bits per heavy atom. The molecular formula is C11H15FN2O. The van der Waals surface area contributed by atoms with Crippen molar-refractivity contribution in [3.05, 3.63) is 35.1 Å². The van der Waals surface area contributed by atoms with Gasteiger partial charge in [0.15, 0.2) is 0 Å². The molecule has 0 aliphatic carbocycles. The Bertz CT molecular complexity index is 366. The van der Waals surface area contributed by atoms with Gasteiger partial charge in [-0.05, 0) is 31.5 Å². The third-order valence-corrected chi connectivity index (χ3v) is 2.18. The van der Waals surface area contributed by atoms with Crippen molar-refractivity contribution in [2.24, 2.45) is 5.73 Å². The van der Waals surface area contributed by atoms with E-state index in [4.69, 9.17) is 5.73 Å². The maximum absolute atomic E-state index is 12.9. The minimum absolute atomic E-state index is 0.111. The molecular weight excluding hydrogens is 195 g/mol. The van der Waals surface area contributed by atoms with Crippen molar-refractivity contribution in [3.8, 4) is 0 Å². The van der Waals surface area contributed by atoms with E-state index in [1.165, 1.54) is 12.1 Å². The average Bonchev–Trinajstić information content (AvgIpc) is 2.21. The molecule has 0 aliphatic heterocycles. The topological polar surface area (TPSA) is 55.1 Å². The average molecular weight is 210 g/mol. The summed E-state index contributed by atoms with van der Waals surface area (Å²) in [7, 11) is 0. The van der Waals surface area contributed by atoms with E-state index >= 15 is 0 Å². The first-order valence-corrected chi connectivity index (χ1v) is 4.81. The Morgan fingerprint density at radius 1 is 1.60 bits per heavy atom. The van der Waals surface area contributed by atoms with E-state index in [2.05, 4.69) is 5.32 Å². The molecule has 1 atom stereocenters. The Labute approximate surface area is 88.5 Å². The highest BCUT2D eigenvalue weighted by Gasteiger charge is 2.11. The second-order valence-corrected chi connectivity index (χ2v) is 3.57. The van der Waals surface area contributed by atoms with Gasteiger partial charge < -0.3 is 11.1 Å². The lowest BCUT2D eigenvalue weighted by Crippen LogP contribution is -2.38. The van der Waals surface area contributed by atoms with Gasteiger partial charge in [0, 0.05) is 18.2 Å². The van der Waals surface area contributed by atoms with Crippen LogP contribution in [0.4, 0.5) is 4.39 Å². The minimum atomic E-state index is -0.411. The van der Waals surface area contributed by atoms with Crippen molar-refractivity contribution in [3.63, 3.8) is 0 Å². The van der Waals surface area contributed by atoms with Crippen LogP contribution in [0.15, 0.2) is 18.2 Å². The van der Waals surface area contributed by atoms with Crippen LogP contribution in [0.25, 0.3) is 0 Å². The van der Waals surface area contributed by atoms with Crippen LogP contribution in [0.1, 0.15) is 22.8 Å². The fraction of sp³-hybridized carbons (Fsp3) is 0.364. The number of aryl methyl sites for hydroxylation is 1. The monoisotopic (exact) mass is 210 g/mol. The Balaban J connectivity index is 2.86. The van der Waals surface area contributed by atoms with Crippen LogP contribution < -0.4 is 11.1 Å². The molecule has 1 rings (SSSR count). The molecule has 0 fully saturated rings. The third kappa shape index (κ3) is 3.02. The summed E-state index contributed by atoms with van der Waals surface area (Å²) < 4.78 is 12.9. The molecule has 0 aliphatic rings. The molecule has 15 heavy (non-hydrogen) atoms. The van der Waals surface area contributed by atoms with E-state index in [0.717, 1.165) is 5.56 Å². The molecule has 82 valence electrons. The van der Waals surface area contributed by atoms with Gasteiger partial charge in [-0.15, -0.1) is 0 Å². The number of rotatable bonds is 3. The molecule has 1 aromatic rings. The van der Waals surface area contributed by atoms with Crippen molar-refractivity contribution >= 4 is 5.91 Å². The highest BCUT2D eigenvalue weighted by molar-refractivity contribution is 5.95. The van der Waals surface area contributed by atoms with E-state index in [9.17, 15) is 9.18 Å². The summed E-state index contributed by atoms with van der Waals surface area (Å²) in [5, 5.41) is 2.68. The van der Waals surface area contributed by atoms with Crippen LogP contribution in [0, 0.1) is 12.7 Å². The number of hydrogen-bond acceptors (Lipinski definition) is 2. The Morgan fingerprint density at radius 2 is 2.27 bits per heavy atom. The summed E-state index contributed by atoms with van der Waals surface area (Å²) in [5.74, 6) is -0.698. The predicted molar refractivity (Wildman–Crippen MR) is 57.1 cm³/mol. The molecule has 0 spiro atoms. The fourth-order valence-electron chi connectivity index (χ4n) is 1.20. The lowest BCUT2D eigenvalue weighted by Gasteiger charge is -2.12. The van der Waals surface area contributed by atoms with Crippen molar-refractivity contribution in [2.75, 3.05) is 6.54 Å². The van der Waals surface area contributed by atoms with Crippen LogP contribution >= 0.6 is 0 Å².